The number of esters is 1. The van der Waals surface area contributed by atoms with Crippen molar-refractivity contribution in [1.82, 2.24) is 20.9 Å². The molecule has 228 valence electrons. The van der Waals surface area contributed by atoms with Gasteiger partial charge in [0.2, 0.25) is 17.7 Å². The number of nitrogens with one attached hydrogen (secondary N) is 3. The van der Waals surface area contributed by atoms with Crippen LogP contribution in [0.15, 0.2) is 22.8 Å². The van der Waals surface area contributed by atoms with Crippen molar-refractivity contribution in [3.8, 4) is 0 Å². The van der Waals surface area contributed by atoms with Crippen molar-refractivity contribution in [2.24, 2.45) is 5.92 Å². The molecule has 1 aromatic rings. The summed E-state index contributed by atoms with van der Waals surface area (Å²) < 4.78 is 11.0. The van der Waals surface area contributed by atoms with Gasteiger partial charge in [-0.2, -0.15) is 0 Å². The van der Waals surface area contributed by atoms with Crippen molar-refractivity contribution < 1.29 is 33.1 Å². The van der Waals surface area contributed by atoms with E-state index in [4.69, 9.17) is 9.15 Å². The lowest BCUT2D eigenvalue weighted by molar-refractivity contribution is -0.153. The van der Waals surface area contributed by atoms with E-state index in [1.165, 1.54) is 38.5 Å². The van der Waals surface area contributed by atoms with Crippen molar-refractivity contribution >= 4 is 40.6 Å². The third-order valence-electron chi connectivity index (χ3n) is 6.46. The first-order valence-electron chi connectivity index (χ1n) is 14.3. The summed E-state index contributed by atoms with van der Waals surface area (Å²) in [5.74, 6) is -2.01. The van der Waals surface area contributed by atoms with Crippen molar-refractivity contribution in [3.63, 3.8) is 0 Å². The van der Waals surface area contributed by atoms with Crippen molar-refractivity contribution in [3.05, 3.63) is 30.0 Å². The summed E-state index contributed by atoms with van der Waals surface area (Å²) in [6.07, 6.45) is 10.1. The molecule has 0 saturated heterocycles. The highest BCUT2D eigenvalue weighted by molar-refractivity contribution is 8.13. The molecule has 0 spiro atoms. The quantitative estimate of drug-likeness (QED) is 0.197. The Morgan fingerprint density at radius 1 is 1.17 bits per heavy atom. The molecule has 2 bridgehead atoms. The summed E-state index contributed by atoms with van der Waals surface area (Å²) in [6, 6.07) is -1.02. The predicted molar refractivity (Wildman–Crippen MR) is 156 cm³/mol. The Hall–Kier alpha value is -3.15. The number of carbonyl (C=O) groups excluding carboxylic acids is 5. The van der Waals surface area contributed by atoms with Gasteiger partial charge >= 0.3 is 5.97 Å². The molecule has 1 aromatic heterocycles. The van der Waals surface area contributed by atoms with Gasteiger partial charge in [-0.15, -0.1) is 0 Å². The second-order valence-corrected chi connectivity index (χ2v) is 12.1. The molecule has 2 heterocycles. The number of thioether (sulfide) groups is 1. The van der Waals surface area contributed by atoms with E-state index in [1.807, 2.05) is 0 Å². The first-order valence-corrected chi connectivity index (χ1v) is 15.3. The lowest BCUT2D eigenvalue weighted by Crippen LogP contribution is -2.59. The number of carbonyl (C=O) groups is 5. The first-order chi connectivity index (χ1) is 19.4. The fraction of sp³-hybridized carbons (Fsp3) is 0.655. The zero-order valence-corrected chi connectivity index (χ0v) is 25.6. The number of cyclic esters (lactones) is 1. The van der Waals surface area contributed by atoms with Gasteiger partial charge in [0, 0.05) is 12.2 Å². The number of amides is 3. The summed E-state index contributed by atoms with van der Waals surface area (Å²) in [7, 11) is 0. The molecule has 41 heavy (non-hydrogen) atoms. The SMILES string of the molecule is CCCCCCCC(=O)SCC/C=C/[C@@H]1CC(=O)NCc2nc(co2)C(=O)NC(C)(C)C(=O)N[C@@H](C(C)C)C(=O)O1. The molecule has 0 radical (unpaired) electrons. The maximum absolute atomic E-state index is 13.2. The number of hydrogen-bond donors (Lipinski definition) is 3. The molecule has 1 aliphatic heterocycles. The predicted octanol–water partition coefficient (Wildman–Crippen LogP) is 3.82. The first kappa shape index (κ1) is 34.1. The number of fused-ring (bicyclic) bond motifs is 2. The molecule has 3 amide bonds. The van der Waals surface area contributed by atoms with Crippen molar-refractivity contribution in [1.29, 1.82) is 0 Å². The van der Waals surface area contributed by atoms with Gasteiger partial charge in [-0.25, -0.2) is 9.78 Å². The van der Waals surface area contributed by atoms with Crippen LogP contribution < -0.4 is 16.0 Å². The summed E-state index contributed by atoms with van der Waals surface area (Å²) in [5, 5.41) is 8.08. The van der Waals surface area contributed by atoms with Gasteiger partial charge in [-0.05, 0) is 38.7 Å². The van der Waals surface area contributed by atoms with E-state index in [0.717, 1.165) is 25.5 Å². The summed E-state index contributed by atoms with van der Waals surface area (Å²) in [4.78, 5) is 67.7. The monoisotopic (exact) mass is 592 g/mol. The maximum atomic E-state index is 13.2. The number of hydrogen-bond acceptors (Lipinski definition) is 9. The Morgan fingerprint density at radius 3 is 2.61 bits per heavy atom. The normalized spacial score (nSPS) is 20.4. The smallest absolute Gasteiger partial charge is 0.329 e. The van der Waals surface area contributed by atoms with Crippen LogP contribution in [0.1, 0.15) is 102 Å². The minimum atomic E-state index is -1.38. The highest BCUT2D eigenvalue weighted by atomic mass is 32.2. The number of oxazole rings is 1. The standard InChI is InChI=1S/C29H44N4O7S/c1-6-7-8-9-10-14-24(35)41-15-12-11-13-20-16-22(34)30-17-23-31-21(18-39-23)26(36)33-29(4,5)28(38)32-25(19(2)3)27(37)40-20/h11,13,18-20,25H,6-10,12,14-17H2,1-5H3,(H,30,34)(H,32,38)(H,33,36)/b13-11+/t20-,25+/m1/s1. The number of unbranched alkanes of at least 4 members (excludes halogenated alkanes) is 4. The third-order valence-corrected chi connectivity index (χ3v) is 7.42. The van der Waals surface area contributed by atoms with Crippen LogP contribution >= 0.6 is 11.8 Å². The molecule has 0 aromatic carbocycles. The topological polar surface area (TPSA) is 157 Å². The second-order valence-electron chi connectivity index (χ2n) is 11.0. The highest BCUT2D eigenvalue weighted by Gasteiger charge is 2.36. The Morgan fingerprint density at radius 2 is 1.90 bits per heavy atom. The summed E-state index contributed by atoms with van der Waals surface area (Å²) in [5.41, 5.74) is -1.42. The number of aromatic nitrogens is 1. The number of nitrogens with zero attached hydrogens (tertiary/aromatic N) is 1. The molecule has 2 atom stereocenters. The maximum Gasteiger partial charge on any atom is 0.329 e. The van der Waals surface area contributed by atoms with Crippen molar-refractivity contribution in [2.45, 2.75) is 110 Å². The molecule has 3 N–H and O–H groups in total. The number of rotatable bonds is 11. The highest BCUT2D eigenvalue weighted by Crippen LogP contribution is 2.15. The van der Waals surface area contributed by atoms with Gasteiger partial charge in [0.1, 0.15) is 23.9 Å². The Labute approximate surface area is 246 Å². The van der Waals surface area contributed by atoms with E-state index in [1.54, 1.807) is 26.0 Å². The fourth-order valence-electron chi connectivity index (χ4n) is 3.95. The van der Waals surface area contributed by atoms with E-state index >= 15 is 0 Å². The average Bonchev–Trinajstić information content (AvgIpc) is 3.38. The van der Waals surface area contributed by atoms with Crippen LogP contribution in [-0.2, 0) is 30.5 Å². The second kappa shape index (κ2) is 17.0. The molecule has 0 saturated carbocycles. The average molecular weight is 593 g/mol. The van der Waals surface area contributed by atoms with Gasteiger partial charge < -0.3 is 25.1 Å². The van der Waals surface area contributed by atoms with E-state index in [2.05, 4.69) is 27.9 Å². The van der Waals surface area contributed by atoms with E-state index in [9.17, 15) is 24.0 Å². The van der Waals surface area contributed by atoms with Gasteiger partial charge in [-0.1, -0.05) is 64.3 Å². The van der Waals surface area contributed by atoms with Gasteiger partial charge in [0.05, 0.1) is 13.0 Å². The zero-order chi connectivity index (χ0) is 30.4. The zero-order valence-electron chi connectivity index (χ0n) is 24.7. The Kier molecular flexibility index (Phi) is 14.1. The molecule has 1 aliphatic rings. The molecule has 12 heteroatoms. The van der Waals surface area contributed by atoms with E-state index in [-0.39, 0.29) is 35.6 Å². The van der Waals surface area contributed by atoms with Gasteiger partial charge in [0.15, 0.2) is 10.8 Å². The fourth-order valence-corrected chi connectivity index (χ4v) is 4.73. The summed E-state index contributed by atoms with van der Waals surface area (Å²) >= 11 is 1.28. The number of ether oxygens (including phenoxy) is 1. The molecule has 2 rings (SSSR count). The van der Waals surface area contributed by atoms with Crippen LogP contribution in [0.5, 0.6) is 0 Å². The van der Waals surface area contributed by atoms with Crippen LogP contribution in [0.25, 0.3) is 0 Å². The van der Waals surface area contributed by atoms with Crippen LogP contribution in [0.2, 0.25) is 0 Å². The Bertz CT molecular complexity index is 1080. The lowest BCUT2D eigenvalue weighted by atomic mass is 9.99. The largest absolute Gasteiger partial charge is 0.456 e. The van der Waals surface area contributed by atoms with Crippen molar-refractivity contribution in [2.75, 3.05) is 5.75 Å². The van der Waals surface area contributed by atoms with Crippen LogP contribution in [0.4, 0.5) is 0 Å². The molecule has 0 unspecified atom stereocenters. The molecular weight excluding hydrogens is 548 g/mol. The Balaban J connectivity index is 2.09. The third kappa shape index (κ3) is 12.1. The van der Waals surface area contributed by atoms with E-state index < -0.39 is 41.4 Å². The van der Waals surface area contributed by atoms with Crippen LogP contribution in [-0.4, -0.2) is 57.2 Å². The molecule has 11 nitrogen and oxygen atoms in total. The lowest BCUT2D eigenvalue weighted by Gasteiger charge is -2.29. The van der Waals surface area contributed by atoms with Crippen LogP contribution in [0, 0.1) is 5.92 Å². The van der Waals surface area contributed by atoms with Gasteiger partial charge in [0.25, 0.3) is 5.91 Å². The minimum absolute atomic E-state index is 0.0457. The number of allylic oxidation sites excluding steroid dienone is 1. The molecular formula is C29H44N4O7S. The molecule has 0 aliphatic carbocycles. The van der Waals surface area contributed by atoms with Gasteiger partial charge in [-0.3, -0.25) is 19.2 Å². The molecule has 0 fully saturated rings. The van der Waals surface area contributed by atoms with E-state index in [0.29, 0.717) is 18.6 Å². The van der Waals surface area contributed by atoms with Crippen LogP contribution in [0.3, 0.4) is 0 Å². The minimum Gasteiger partial charge on any atom is -0.456 e. The summed E-state index contributed by atoms with van der Waals surface area (Å²) in [6.45, 7) is 8.60.